The SMILES string of the molecule is COC(=O)c1ccc(C#Cc2c(N)ncnc2NC(C)c2nc3cccc(Cl)c3c(=O)n2-c2ccccc2)nc1. The molecule has 11 heteroatoms. The fourth-order valence-corrected chi connectivity index (χ4v) is 4.31. The molecule has 0 spiro atoms. The number of nitrogens with two attached hydrogens (primary N) is 1. The maximum absolute atomic E-state index is 13.7. The van der Waals surface area contributed by atoms with Gasteiger partial charge in [-0.2, -0.15) is 0 Å². The van der Waals surface area contributed by atoms with E-state index in [1.807, 2.05) is 37.3 Å². The number of nitrogen functional groups attached to an aromatic ring is 1. The summed E-state index contributed by atoms with van der Waals surface area (Å²) in [7, 11) is 1.30. The molecule has 0 radical (unpaired) electrons. The van der Waals surface area contributed by atoms with Gasteiger partial charge in [-0.3, -0.25) is 9.36 Å². The number of carbonyl (C=O) groups excluding carboxylic acids is 1. The highest BCUT2D eigenvalue weighted by molar-refractivity contribution is 6.35. The van der Waals surface area contributed by atoms with Crippen molar-refractivity contribution in [2.45, 2.75) is 13.0 Å². The molecular formula is C29H22ClN7O3. The van der Waals surface area contributed by atoms with Crippen LogP contribution in [-0.2, 0) is 4.74 Å². The number of halogens is 1. The molecule has 1 unspecified atom stereocenters. The number of rotatable bonds is 5. The monoisotopic (exact) mass is 551 g/mol. The van der Waals surface area contributed by atoms with Gasteiger partial charge in [0.15, 0.2) is 0 Å². The maximum Gasteiger partial charge on any atom is 0.339 e. The number of para-hydroxylation sites is 1. The minimum atomic E-state index is -0.524. The average molecular weight is 552 g/mol. The number of carbonyl (C=O) groups is 1. The zero-order chi connectivity index (χ0) is 28.2. The summed E-state index contributed by atoms with van der Waals surface area (Å²) < 4.78 is 6.22. The Hall–Kier alpha value is -5.27. The van der Waals surface area contributed by atoms with Crippen LogP contribution in [0, 0.1) is 11.8 Å². The molecule has 0 aliphatic carbocycles. The molecule has 1 atom stereocenters. The molecule has 0 fully saturated rings. The predicted molar refractivity (Wildman–Crippen MR) is 152 cm³/mol. The number of methoxy groups -OCH3 is 1. The van der Waals surface area contributed by atoms with Crippen LogP contribution < -0.4 is 16.6 Å². The van der Waals surface area contributed by atoms with Crippen molar-refractivity contribution in [3.8, 4) is 17.5 Å². The number of nitrogens with zero attached hydrogens (tertiary/aromatic N) is 5. The topological polar surface area (TPSA) is 138 Å². The van der Waals surface area contributed by atoms with Crippen LogP contribution in [0.4, 0.5) is 11.6 Å². The van der Waals surface area contributed by atoms with E-state index < -0.39 is 12.0 Å². The standard InChI is InChI=1S/C29H22ClN7O3/c1-17(27-36-23-10-6-9-22(30)24(23)28(38)37(27)20-7-4-3-5-8-20)35-26-21(25(31)33-16-34-26)14-13-19-12-11-18(15-32-19)29(39)40-2/h3-12,15-17H,1-2H3,(H3,31,33,34,35). The van der Waals surface area contributed by atoms with E-state index in [0.717, 1.165) is 0 Å². The van der Waals surface area contributed by atoms with Crippen LogP contribution in [0.3, 0.4) is 0 Å². The molecule has 0 aliphatic heterocycles. The smallest absolute Gasteiger partial charge is 0.339 e. The molecule has 0 aliphatic rings. The molecule has 3 heterocycles. The molecule has 0 saturated carbocycles. The number of ether oxygens (including phenoxy) is 1. The Morgan fingerprint density at radius 2 is 1.85 bits per heavy atom. The van der Waals surface area contributed by atoms with Gasteiger partial charge in [0.2, 0.25) is 0 Å². The van der Waals surface area contributed by atoms with Gasteiger partial charge in [0.05, 0.1) is 40.3 Å². The lowest BCUT2D eigenvalue weighted by Gasteiger charge is -2.21. The number of hydrogen-bond donors (Lipinski definition) is 2. The summed E-state index contributed by atoms with van der Waals surface area (Å²) in [5.74, 6) is 6.32. The van der Waals surface area contributed by atoms with Crippen molar-refractivity contribution in [3.05, 3.63) is 111 Å². The molecule has 2 aromatic carbocycles. The Morgan fingerprint density at radius 3 is 2.58 bits per heavy atom. The van der Waals surface area contributed by atoms with E-state index >= 15 is 0 Å². The number of fused-ring (bicyclic) bond motifs is 1. The van der Waals surface area contributed by atoms with Gasteiger partial charge in [-0.05, 0) is 49.2 Å². The van der Waals surface area contributed by atoms with Crippen molar-refractivity contribution < 1.29 is 9.53 Å². The van der Waals surface area contributed by atoms with Crippen molar-refractivity contribution in [3.63, 3.8) is 0 Å². The molecule has 0 bridgehead atoms. The van der Waals surface area contributed by atoms with Crippen molar-refractivity contribution in [1.82, 2.24) is 24.5 Å². The molecule has 5 rings (SSSR count). The second kappa shape index (κ2) is 11.2. The summed E-state index contributed by atoms with van der Waals surface area (Å²) in [5.41, 5.74) is 8.01. The minimum Gasteiger partial charge on any atom is -0.465 e. The Balaban J connectivity index is 1.55. The highest BCUT2D eigenvalue weighted by Crippen LogP contribution is 2.26. The lowest BCUT2D eigenvalue weighted by molar-refractivity contribution is 0.0600. The summed E-state index contributed by atoms with van der Waals surface area (Å²) in [6.45, 7) is 1.85. The van der Waals surface area contributed by atoms with Gasteiger partial charge in [-0.15, -0.1) is 0 Å². The zero-order valence-corrected chi connectivity index (χ0v) is 22.2. The van der Waals surface area contributed by atoms with Crippen LogP contribution in [0.2, 0.25) is 5.02 Å². The summed E-state index contributed by atoms with van der Waals surface area (Å²) in [4.78, 5) is 42.8. The Kier molecular flexibility index (Phi) is 7.39. The van der Waals surface area contributed by atoms with Crippen LogP contribution in [0.5, 0.6) is 0 Å². The second-order valence-corrected chi connectivity index (χ2v) is 9.01. The van der Waals surface area contributed by atoms with E-state index in [9.17, 15) is 9.59 Å². The third-order valence-corrected chi connectivity index (χ3v) is 6.32. The molecule has 40 heavy (non-hydrogen) atoms. The number of benzene rings is 2. The van der Waals surface area contributed by atoms with Gasteiger partial charge in [-0.25, -0.2) is 24.7 Å². The van der Waals surface area contributed by atoms with E-state index in [2.05, 4.69) is 32.1 Å². The van der Waals surface area contributed by atoms with Crippen LogP contribution in [-0.4, -0.2) is 37.6 Å². The zero-order valence-electron chi connectivity index (χ0n) is 21.4. The minimum absolute atomic E-state index is 0.155. The first-order valence-electron chi connectivity index (χ1n) is 12.1. The number of aromatic nitrogens is 5. The first-order valence-corrected chi connectivity index (χ1v) is 12.4. The van der Waals surface area contributed by atoms with Gasteiger partial charge in [0, 0.05) is 6.20 Å². The molecule has 3 aromatic heterocycles. The van der Waals surface area contributed by atoms with E-state index in [1.54, 1.807) is 30.3 Å². The number of esters is 1. The van der Waals surface area contributed by atoms with Gasteiger partial charge >= 0.3 is 5.97 Å². The Morgan fingerprint density at radius 1 is 1.05 bits per heavy atom. The number of anilines is 2. The van der Waals surface area contributed by atoms with Crippen LogP contribution in [0.25, 0.3) is 16.6 Å². The molecule has 10 nitrogen and oxygen atoms in total. The van der Waals surface area contributed by atoms with Gasteiger partial charge in [0.25, 0.3) is 5.56 Å². The number of nitrogens with one attached hydrogen (secondary N) is 1. The summed E-state index contributed by atoms with van der Waals surface area (Å²) >= 11 is 6.40. The van der Waals surface area contributed by atoms with Gasteiger partial charge in [-0.1, -0.05) is 41.8 Å². The molecular weight excluding hydrogens is 530 g/mol. The lowest BCUT2D eigenvalue weighted by Crippen LogP contribution is -2.27. The Labute approximate surface area is 233 Å². The van der Waals surface area contributed by atoms with E-state index in [0.29, 0.717) is 50.1 Å². The number of pyridine rings is 1. The van der Waals surface area contributed by atoms with Gasteiger partial charge in [0.1, 0.15) is 35.0 Å². The molecule has 0 amide bonds. The van der Waals surface area contributed by atoms with Crippen molar-refractivity contribution in [2.24, 2.45) is 0 Å². The second-order valence-electron chi connectivity index (χ2n) is 8.60. The lowest BCUT2D eigenvalue weighted by atomic mass is 10.2. The normalized spacial score (nSPS) is 11.4. The maximum atomic E-state index is 13.7. The van der Waals surface area contributed by atoms with Crippen LogP contribution >= 0.6 is 11.6 Å². The molecule has 5 aromatic rings. The van der Waals surface area contributed by atoms with Gasteiger partial charge < -0.3 is 15.8 Å². The van der Waals surface area contributed by atoms with Crippen molar-refractivity contribution >= 4 is 40.1 Å². The van der Waals surface area contributed by atoms with E-state index in [1.165, 1.54) is 24.2 Å². The molecule has 198 valence electrons. The summed E-state index contributed by atoms with van der Waals surface area (Å²) in [6, 6.07) is 17.0. The Bertz CT molecular complexity index is 1850. The fourth-order valence-electron chi connectivity index (χ4n) is 4.06. The first-order chi connectivity index (χ1) is 19.4. The summed E-state index contributed by atoms with van der Waals surface area (Å²) in [6.07, 6.45) is 2.69. The van der Waals surface area contributed by atoms with Crippen LogP contribution in [0.15, 0.2) is 78.0 Å². The van der Waals surface area contributed by atoms with E-state index in [4.69, 9.17) is 27.1 Å². The highest BCUT2D eigenvalue weighted by atomic mass is 35.5. The predicted octanol–water partition coefficient (Wildman–Crippen LogP) is 4.17. The largest absolute Gasteiger partial charge is 0.465 e. The quantitative estimate of drug-likeness (QED) is 0.243. The average Bonchev–Trinajstić information content (AvgIpc) is 2.97. The fraction of sp³-hybridized carbons (Fsp3) is 0.103. The summed E-state index contributed by atoms with van der Waals surface area (Å²) in [5, 5.41) is 3.93. The van der Waals surface area contributed by atoms with Crippen molar-refractivity contribution in [2.75, 3.05) is 18.2 Å². The van der Waals surface area contributed by atoms with Crippen molar-refractivity contribution in [1.29, 1.82) is 0 Å². The highest BCUT2D eigenvalue weighted by Gasteiger charge is 2.21. The van der Waals surface area contributed by atoms with Crippen LogP contribution in [0.1, 0.15) is 40.4 Å². The first kappa shape index (κ1) is 26.3. The van der Waals surface area contributed by atoms with E-state index in [-0.39, 0.29) is 11.4 Å². The third-order valence-electron chi connectivity index (χ3n) is 6.00. The molecule has 3 N–H and O–H groups in total. The number of hydrogen-bond acceptors (Lipinski definition) is 9. The third kappa shape index (κ3) is 5.18. The molecule has 0 saturated heterocycles.